The third-order valence-electron chi connectivity index (χ3n) is 3.73. The lowest BCUT2D eigenvalue weighted by Gasteiger charge is -2.08. The third kappa shape index (κ3) is 5.10. The van der Waals surface area contributed by atoms with Gasteiger partial charge >= 0.3 is 11.9 Å². The van der Waals surface area contributed by atoms with E-state index in [9.17, 15) is 18.8 Å². The quantitative estimate of drug-likeness (QED) is 0.706. The van der Waals surface area contributed by atoms with E-state index >= 15 is 0 Å². The molecule has 1 amide bonds. The molecule has 9 heteroatoms. The summed E-state index contributed by atoms with van der Waals surface area (Å²) in [7, 11) is 0. The van der Waals surface area contributed by atoms with Gasteiger partial charge in [-0.3, -0.25) is 4.79 Å². The van der Waals surface area contributed by atoms with E-state index in [1.54, 1.807) is 27.7 Å². The molecule has 150 valence electrons. The minimum absolute atomic E-state index is 0.0610. The molecule has 0 atom stereocenters. The van der Waals surface area contributed by atoms with Crippen molar-refractivity contribution in [3.8, 4) is 0 Å². The van der Waals surface area contributed by atoms with E-state index in [0.717, 1.165) is 6.07 Å². The second kappa shape index (κ2) is 8.88. The average Bonchev–Trinajstić information content (AvgIpc) is 2.90. The zero-order valence-electron chi connectivity index (χ0n) is 15.8. The van der Waals surface area contributed by atoms with Crippen LogP contribution in [0.5, 0.6) is 0 Å². The number of aromatic nitrogens is 1. The summed E-state index contributed by atoms with van der Waals surface area (Å²) >= 11 is 5.64. The monoisotopic (exact) mass is 410 g/mol. The van der Waals surface area contributed by atoms with Gasteiger partial charge in [0.2, 0.25) is 0 Å². The van der Waals surface area contributed by atoms with Crippen molar-refractivity contribution in [2.24, 2.45) is 0 Å². The standard InChI is InChI=1S/C19H20ClFN2O5/c1-9(2)28-18(25)16-10(3)17(22-11(16)4)19(26)27-8-15(24)23-12-5-6-14(21)13(20)7-12/h5-7,9,22H,8H2,1-4H3,(H,23,24). The van der Waals surface area contributed by atoms with Crippen LogP contribution in [0.4, 0.5) is 10.1 Å². The SMILES string of the molecule is Cc1[nH]c(C(=O)OCC(=O)Nc2ccc(F)c(Cl)c2)c(C)c1C(=O)OC(C)C. The number of halogens is 2. The molecular weight excluding hydrogens is 391 g/mol. The summed E-state index contributed by atoms with van der Waals surface area (Å²) in [5, 5.41) is 2.29. The van der Waals surface area contributed by atoms with Crippen LogP contribution in [0.15, 0.2) is 18.2 Å². The predicted molar refractivity (Wildman–Crippen MR) is 101 cm³/mol. The Hall–Kier alpha value is -2.87. The molecule has 0 unspecified atom stereocenters. The van der Waals surface area contributed by atoms with E-state index in [-0.39, 0.29) is 28.1 Å². The number of anilines is 1. The maximum atomic E-state index is 13.1. The van der Waals surface area contributed by atoms with Crippen LogP contribution >= 0.6 is 11.6 Å². The van der Waals surface area contributed by atoms with Crippen LogP contribution in [0.1, 0.15) is 46.0 Å². The maximum absolute atomic E-state index is 13.1. The Bertz CT molecular complexity index is 923. The Labute approximate surface area is 166 Å². The van der Waals surface area contributed by atoms with Gasteiger partial charge in [-0.25, -0.2) is 14.0 Å². The number of esters is 2. The molecule has 0 fully saturated rings. The molecule has 7 nitrogen and oxygen atoms in total. The molecule has 0 bridgehead atoms. The van der Waals surface area contributed by atoms with Crippen LogP contribution in [0.3, 0.4) is 0 Å². The van der Waals surface area contributed by atoms with Gasteiger partial charge in [-0.05, 0) is 51.5 Å². The zero-order chi connectivity index (χ0) is 21.0. The van der Waals surface area contributed by atoms with Crippen molar-refractivity contribution in [3.05, 3.63) is 51.6 Å². The van der Waals surface area contributed by atoms with Gasteiger partial charge < -0.3 is 19.8 Å². The largest absolute Gasteiger partial charge is 0.459 e. The first kappa shape index (κ1) is 21.4. The fourth-order valence-corrected chi connectivity index (χ4v) is 2.69. The summed E-state index contributed by atoms with van der Waals surface area (Å²) in [6.07, 6.45) is -0.305. The van der Waals surface area contributed by atoms with Crippen LogP contribution in [-0.2, 0) is 14.3 Å². The number of hydrogen-bond acceptors (Lipinski definition) is 5. The van der Waals surface area contributed by atoms with Crippen LogP contribution in [-0.4, -0.2) is 35.5 Å². The highest BCUT2D eigenvalue weighted by Gasteiger charge is 2.24. The van der Waals surface area contributed by atoms with Gasteiger partial charge in [0.15, 0.2) is 6.61 Å². The molecule has 28 heavy (non-hydrogen) atoms. The molecule has 0 aliphatic rings. The molecular formula is C19H20ClFN2O5. The van der Waals surface area contributed by atoms with Gasteiger partial charge in [0, 0.05) is 11.4 Å². The smallest absolute Gasteiger partial charge is 0.355 e. The summed E-state index contributed by atoms with van der Waals surface area (Å²) in [5.41, 5.74) is 1.41. The minimum atomic E-state index is -0.795. The molecule has 0 radical (unpaired) electrons. The summed E-state index contributed by atoms with van der Waals surface area (Å²) in [6, 6.07) is 3.67. The number of aryl methyl sites for hydroxylation is 1. The molecule has 0 aliphatic heterocycles. The van der Waals surface area contributed by atoms with E-state index in [1.807, 2.05) is 0 Å². The van der Waals surface area contributed by atoms with Crippen LogP contribution < -0.4 is 5.32 Å². The first-order valence-corrected chi connectivity index (χ1v) is 8.80. The van der Waals surface area contributed by atoms with Gasteiger partial charge in [0.1, 0.15) is 11.5 Å². The van der Waals surface area contributed by atoms with Crippen molar-refractivity contribution in [2.75, 3.05) is 11.9 Å². The van der Waals surface area contributed by atoms with E-state index in [4.69, 9.17) is 21.1 Å². The Morgan fingerprint density at radius 2 is 1.89 bits per heavy atom. The number of ether oxygens (including phenoxy) is 2. The maximum Gasteiger partial charge on any atom is 0.355 e. The number of benzene rings is 1. The lowest BCUT2D eigenvalue weighted by atomic mass is 10.1. The molecule has 2 aromatic rings. The summed E-state index contributed by atoms with van der Waals surface area (Å²) in [6.45, 7) is 6.08. The van der Waals surface area contributed by atoms with Crippen molar-refractivity contribution < 1.29 is 28.2 Å². The fourth-order valence-electron chi connectivity index (χ4n) is 2.51. The highest BCUT2D eigenvalue weighted by Crippen LogP contribution is 2.21. The molecule has 0 saturated heterocycles. The topological polar surface area (TPSA) is 97.5 Å². The highest BCUT2D eigenvalue weighted by molar-refractivity contribution is 6.31. The second-order valence-electron chi connectivity index (χ2n) is 6.33. The molecule has 2 rings (SSSR count). The number of carbonyl (C=O) groups is 3. The summed E-state index contributed by atoms with van der Waals surface area (Å²) in [5.74, 6) is -2.59. The second-order valence-corrected chi connectivity index (χ2v) is 6.74. The first-order chi connectivity index (χ1) is 13.1. The number of aromatic amines is 1. The summed E-state index contributed by atoms with van der Waals surface area (Å²) in [4.78, 5) is 39.1. The Morgan fingerprint density at radius 1 is 1.21 bits per heavy atom. The van der Waals surface area contributed by atoms with Gasteiger partial charge in [-0.1, -0.05) is 11.6 Å². The molecule has 0 spiro atoms. The lowest BCUT2D eigenvalue weighted by Crippen LogP contribution is -2.21. The zero-order valence-corrected chi connectivity index (χ0v) is 16.6. The number of rotatable bonds is 6. The third-order valence-corrected chi connectivity index (χ3v) is 4.02. The minimum Gasteiger partial charge on any atom is -0.459 e. The first-order valence-electron chi connectivity index (χ1n) is 8.42. The van der Waals surface area contributed by atoms with Gasteiger partial charge in [0.25, 0.3) is 5.91 Å². The summed E-state index contributed by atoms with van der Waals surface area (Å²) < 4.78 is 23.3. The van der Waals surface area contributed by atoms with Crippen LogP contribution in [0.25, 0.3) is 0 Å². The van der Waals surface area contributed by atoms with Crippen molar-refractivity contribution in [1.82, 2.24) is 4.98 Å². The highest BCUT2D eigenvalue weighted by atomic mass is 35.5. The molecule has 0 saturated carbocycles. The van der Waals surface area contributed by atoms with Gasteiger partial charge in [-0.2, -0.15) is 0 Å². The van der Waals surface area contributed by atoms with Crippen molar-refractivity contribution in [3.63, 3.8) is 0 Å². The number of H-pyrrole nitrogens is 1. The van der Waals surface area contributed by atoms with Crippen molar-refractivity contribution >= 4 is 35.1 Å². The Kier molecular flexibility index (Phi) is 6.80. The normalized spacial score (nSPS) is 10.7. The van der Waals surface area contributed by atoms with Gasteiger partial charge in [0.05, 0.1) is 16.7 Å². The Morgan fingerprint density at radius 3 is 2.50 bits per heavy atom. The number of nitrogens with one attached hydrogen (secondary N) is 2. The molecule has 0 aliphatic carbocycles. The van der Waals surface area contributed by atoms with E-state index in [2.05, 4.69) is 10.3 Å². The van der Waals surface area contributed by atoms with Gasteiger partial charge in [-0.15, -0.1) is 0 Å². The molecule has 1 aromatic heterocycles. The number of carbonyl (C=O) groups excluding carboxylic acids is 3. The van der Waals surface area contributed by atoms with Crippen LogP contribution in [0.2, 0.25) is 5.02 Å². The molecule has 1 heterocycles. The lowest BCUT2D eigenvalue weighted by molar-refractivity contribution is -0.119. The average molecular weight is 411 g/mol. The van der Waals surface area contributed by atoms with E-state index in [1.165, 1.54) is 12.1 Å². The van der Waals surface area contributed by atoms with Crippen LogP contribution in [0, 0.1) is 19.7 Å². The van der Waals surface area contributed by atoms with E-state index < -0.39 is 30.3 Å². The fraction of sp³-hybridized carbons (Fsp3) is 0.316. The predicted octanol–water partition coefficient (Wildman–Crippen LogP) is 3.78. The van der Waals surface area contributed by atoms with E-state index in [0.29, 0.717) is 11.3 Å². The molecule has 2 N–H and O–H groups in total. The number of hydrogen-bond donors (Lipinski definition) is 2. The number of amides is 1. The van der Waals surface area contributed by atoms with Crippen molar-refractivity contribution in [2.45, 2.75) is 33.8 Å². The van der Waals surface area contributed by atoms with Crippen molar-refractivity contribution in [1.29, 1.82) is 0 Å². The Balaban J connectivity index is 2.02. The molecule has 1 aromatic carbocycles.